The van der Waals surface area contributed by atoms with Crippen LogP contribution in [0.15, 0.2) is 53.6 Å². The minimum Gasteiger partial charge on any atom is -0.496 e. The summed E-state index contributed by atoms with van der Waals surface area (Å²) in [7, 11) is -1.86. The first-order valence-corrected chi connectivity index (χ1v) is 11.2. The highest BCUT2D eigenvalue weighted by molar-refractivity contribution is 7.92. The van der Waals surface area contributed by atoms with E-state index >= 15 is 0 Å². The minimum absolute atomic E-state index is 0.107. The van der Waals surface area contributed by atoms with Crippen molar-refractivity contribution in [3.63, 3.8) is 0 Å². The molecule has 154 valence electrons. The Bertz CT molecular complexity index is 1050. The Kier molecular flexibility index (Phi) is 5.93. The van der Waals surface area contributed by atoms with Crippen LogP contribution in [0.3, 0.4) is 0 Å². The molecule has 7 nitrogen and oxygen atoms in total. The van der Waals surface area contributed by atoms with Gasteiger partial charge in [-0.05, 0) is 12.1 Å². The quantitative estimate of drug-likeness (QED) is 0.783. The van der Waals surface area contributed by atoms with Crippen molar-refractivity contribution in [3.05, 3.63) is 59.7 Å². The molecule has 3 rings (SSSR count). The zero-order valence-corrected chi connectivity index (χ0v) is 17.7. The van der Waals surface area contributed by atoms with E-state index in [0.29, 0.717) is 29.1 Å². The van der Waals surface area contributed by atoms with Gasteiger partial charge in [-0.25, -0.2) is 13.4 Å². The van der Waals surface area contributed by atoms with Crippen molar-refractivity contribution in [2.45, 2.75) is 26.3 Å². The van der Waals surface area contributed by atoms with Crippen LogP contribution in [0.5, 0.6) is 5.75 Å². The fraction of sp³-hybridized carbons (Fsp3) is 0.333. The lowest BCUT2D eigenvalue weighted by atomic mass is 9.96. The Morgan fingerprint density at radius 2 is 1.83 bits per heavy atom. The van der Waals surface area contributed by atoms with E-state index in [4.69, 9.17) is 4.74 Å². The third kappa shape index (κ3) is 4.59. The van der Waals surface area contributed by atoms with Gasteiger partial charge < -0.3 is 4.74 Å². The van der Waals surface area contributed by atoms with Crippen molar-refractivity contribution in [3.8, 4) is 5.75 Å². The fourth-order valence-electron chi connectivity index (χ4n) is 3.35. The van der Waals surface area contributed by atoms with Gasteiger partial charge in [-0.15, -0.1) is 0 Å². The van der Waals surface area contributed by atoms with Crippen molar-refractivity contribution in [2.24, 2.45) is 11.0 Å². The maximum absolute atomic E-state index is 12.9. The molecule has 1 atom stereocenters. The first-order valence-electron chi connectivity index (χ1n) is 9.32. The van der Waals surface area contributed by atoms with Gasteiger partial charge in [0.1, 0.15) is 5.75 Å². The Morgan fingerprint density at radius 3 is 2.48 bits per heavy atom. The van der Waals surface area contributed by atoms with Gasteiger partial charge in [-0.3, -0.25) is 9.52 Å². The number of ether oxygens (including phenoxy) is 1. The molecule has 1 heterocycles. The molecule has 2 aromatic rings. The van der Waals surface area contributed by atoms with Gasteiger partial charge in [-0.1, -0.05) is 50.2 Å². The molecule has 0 saturated heterocycles. The van der Waals surface area contributed by atoms with Gasteiger partial charge in [0.05, 0.1) is 30.8 Å². The van der Waals surface area contributed by atoms with E-state index in [1.54, 1.807) is 25.3 Å². The summed E-state index contributed by atoms with van der Waals surface area (Å²) in [5.74, 6) is 0.335. The van der Waals surface area contributed by atoms with Crippen LogP contribution in [0.2, 0.25) is 0 Å². The van der Waals surface area contributed by atoms with E-state index in [-0.39, 0.29) is 17.9 Å². The second-order valence-electron chi connectivity index (χ2n) is 7.27. The number of carbonyl (C=O) groups excluding carboxylic acids is 1. The summed E-state index contributed by atoms with van der Waals surface area (Å²) >= 11 is 0. The number of anilines is 1. The monoisotopic (exact) mass is 415 g/mol. The van der Waals surface area contributed by atoms with Crippen LogP contribution in [0.4, 0.5) is 5.69 Å². The van der Waals surface area contributed by atoms with Crippen LogP contribution < -0.4 is 9.46 Å². The van der Waals surface area contributed by atoms with Crippen molar-refractivity contribution >= 4 is 27.3 Å². The normalized spacial score (nSPS) is 16.7. The number of hydrogen-bond donors (Lipinski definition) is 1. The molecule has 0 bridgehead atoms. The van der Waals surface area contributed by atoms with E-state index in [1.807, 2.05) is 44.2 Å². The zero-order chi connectivity index (χ0) is 21.2. The Labute approximate surface area is 171 Å². The summed E-state index contributed by atoms with van der Waals surface area (Å²) in [5, 5.41) is 6.11. The third-order valence-corrected chi connectivity index (χ3v) is 5.25. The van der Waals surface area contributed by atoms with E-state index in [9.17, 15) is 13.2 Å². The summed E-state index contributed by atoms with van der Waals surface area (Å²) in [6, 6.07) is 14.3. The van der Waals surface area contributed by atoms with Crippen LogP contribution in [-0.2, 0) is 14.8 Å². The summed E-state index contributed by atoms with van der Waals surface area (Å²) in [5.41, 5.74) is 2.58. The number of sulfonamides is 1. The number of hydrogen-bond acceptors (Lipinski definition) is 5. The van der Waals surface area contributed by atoms with E-state index in [2.05, 4.69) is 9.82 Å². The molecule has 29 heavy (non-hydrogen) atoms. The molecule has 1 amide bonds. The molecular formula is C21H25N3O4S. The summed E-state index contributed by atoms with van der Waals surface area (Å²) in [6.45, 7) is 3.66. The number of nitrogens with one attached hydrogen (secondary N) is 1. The Morgan fingerprint density at radius 1 is 1.17 bits per heavy atom. The van der Waals surface area contributed by atoms with Crippen molar-refractivity contribution < 1.29 is 17.9 Å². The van der Waals surface area contributed by atoms with Crippen LogP contribution in [0, 0.1) is 5.92 Å². The average molecular weight is 416 g/mol. The van der Waals surface area contributed by atoms with Gasteiger partial charge >= 0.3 is 0 Å². The number of carbonyl (C=O) groups is 1. The number of rotatable bonds is 6. The van der Waals surface area contributed by atoms with Crippen LogP contribution in [0.1, 0.15) is 37.4 Å². The number of amides is 1. The molecule has 1 N–H and O–H groups in total. The van der Waals surface area contributed by atoms with Crippen LogP contribution >= 0.6 is 0 Å². The van der Waals surface area contributed by atoms with Crippen LogP contribution in [-0.4, -0.2) is 38.4 Å². The van der Waals surface area contributed by atoms with Gasteiger partial charge in [-0.2, -0.15) is 5.10 Å². The molecule has 0 fully saturated rings. The second-order valence-corrected chi connectivity index (χ2v) is 9.01. The molecule has 8 heteroatoms. The third-order valence-electron chi connectivity index (χ3n) is 4.66. The summed E-state index contributed by atoms with van der Waals surface area (Å²) in [6.07, 6.45) is 1.55. The summed E-state index contributed by atoms with van der Waals surface area (Å²) in [4.78, 5) is 12.9. The highest BCUT2D eigenvalue weighted by Crippen LogP contribution is 2.39. The molecule has 0 radical (unpaired) electrons. The number of methoxy groups -OCH3 is 1. The average Bonchev–Trinajstić information content (AvgIpc) is 3.11. The van der Waals surface area contributed by atoms with E-state index in [0.717, 1.165) is 11.8 Å². The lowest BCUT2D eigenvalue weighted by molar-refractivity contribution is -0.136. The number of hydrazone groups is 1. The zero-order valence-electron chi connectivity index (χ0n) is 16.9. The molecule has 2 aromatic carbocycles. The molecule has 0 aliphatic carbocycles. The first-order chi connectivity index (χ1) is 13.7. The summed E-state index contributed by atoms with van der Waals surface area (Å²) < 4.78 is 31.6. The largest absolute Gasteiger partial charge is 0.496 e. The first kappa shape index (κ1) is 20.9. The molecular weight excluding hydrogens is 390 g/mol. The number of nitrogens with zero attached hydrogens (tertiary/aromatic N) is 2. The van der Waals surface area contributed by atoms with Gasteiger partial charge in [0.15, 0.2) is 0 Å². The lowest BCUT2D eigenvalue weighted by Crippen LogP contribution is -2.30. The molecule has 0 aromatic heterocycles. The lowest BCUT2D eigenvalue weighted by Gasteiger charge is -2.25. The molecule has 0 spiro atoms. The highest BCUT2D eigenvalue weighted by atomic mass is 32.2. The molecule has 1 unspecified atom stereocenters. The highest BCUT2D eigenvalue weighted by Gasteiger charge is 2.36. The Balaban J connectivity index is 2.06. The topological polar surface area (TPSA) is 88.1 Å². The van der Waals surface area contributed by atoms with Crippen molar-refractivity contribution in [2.75, 3.05) is 18.1 Å². The SMILES string of the molecule is COc1ccccc1C1CC(c2ccccc2NS(C)(=O)=O)=NN1C(=O)C(C)C. The number of para-hydroxylation sites is 2. The van der Waals surface area contributed by atoms with Crippen LogP contribution in [0.25, 0.3) is 0 Å². The minimum atomic E-state index is -3.45. The Hall–Kier alpha value is -2.87. The van der Waals surface area contributed by atoms with Crippen molar-refractivity contribution in [1.29, 1.82) is 0 Å². The van der Waals surface area contributed by atoms with Gasteiger partial charge in [0.25, 0.3) is 0 Å². The fourth-order valence-corrected chi connectivity index (χ4v) is 3.93. The van der Waals surface area contributed by atoms with Gasteiger partial charge in [0, 0.05) is 23.5 Å². The number of benzene rings is 2. The predicted molar refractivity (Wildman–Crippen MR) is 113 cm³/mol. The van der Waals surface area contributed by atoms with Crippen molar-refractivity contribution in [1.82, 2.24) is 5.01 Å². The van der Waals surface area contributed by atoms with E-state index < -0.39 is 10.0 Å². The molecule has 1 aliphatic rings. The predicted octanol–water partition coefficient (Wildman–Crippen LogP) is 3.40. The standard InChI is InChI=1S/C21H25N3O4S/c1-14(2)21(25)24-19(16-10-6-8-12-20(16)28-3)13-18(22-24)15-9-5-7-11-17(15)23-29(4,26)27/h5-12,14,19,23H,13H2,1-4H3. The maximum Gasteiger partial charge on any atom is 0.245 e. The molecule has 1 aliphatic heterocycles. The maximum atomic E-state index is 12.9. The van der Waals surface area contributed by atoms with E-state index in [1.165, 1.54) is 5.01 Å². The smallest absolute Gasteiger partial charge is 0.245 e. The van der Waals surface area contributed by atoms with Gasteiger partial charge in [0.2, 0.25) is 15.9 Å². The second kappa shape index (κ2) is 8.24. The molecule has 0 saturated carbocycles.